The van der Waals surface area contributed by atoms with Crippen LogP contribution in [0.4, 0.5) is 36.6 Å². The highest BCUT2D eigenvalue weighted by Gasteiger charge is 2.36. The van der Waals surface area contributed by atoms with Crippen molar-refractivity contribution in [3.8, 4) is 11.5 Å². The Morgan fingerprint density at radius 3 is 1.29 bits per heavy atom. The maximum atomic E-state index is 13.5. The molecule has 0 amide bonds. The Hall–Kier alpha value is -5.26. The molecule has 0 saturated carbocycles. The van der Waals surface area contributed by atoms with E-state index < -0.39 is 43.5 Å². The van der Waals surface area contributed by atoms with Gasteiger partial charge in [0.15, 0.2) is 10.3 Å². The van der Waals surface area contributed by atoms with Gasteiger partial charge in [0.2, 0.25) is 0 Å². The van der Waals surface area contributed by atoms with Gasteiger partial charge < -0.3 is 20.1 Å². The molecule has 12 nitrogen and oxygen atoms in total. The minimum absolute atomic E-state index is 0.0175. The summed E-state index contributed by atoms with van der Waals surface area (Å²) in [7, 11) is -7.58. The summed E-state index contributed by atoms with van der Waals surface area (Å²) in [5.74, 6) is 0.900. The van der Waals surface area contributed by atoms with Gasteiger partial charge in [-0.05, 0) is 196 Å². The number of benzene rings is 4. The average molecular weight is 1080 g/mol. The standard InChI is InChI=1S/2C25H26F3N3O3S2/c2*26-25(27,28)18-4-7-23(21(15-18)16-8-10-29-11-9-16)34-22-3-1-2-17-14-19(5-6-20(17)22)36(32,33)31-24-30-12-13-35-24/h2*4-7,12-16,22,29H,1-3,8-11H2,(H,30,31)/t2*22-/m10/s1. The number of fused-ring (bicyclic) bond motifs is 2. The zero-order chi connectivity index (χ0) is 50.7. The third-order valence-electron chi connectivity index (χ3n) is 13.4. The largest absolute Gasteiger partial charge is 0.485 e. The van der Waals surface area contributed by atoms with E-state index in [1.54, 1.807) is 35.0 Å². The van der Waals surface area contributed by atoms with Crippen molar-refractivity contribution in [3.05, 3.63) is 140 Å². The molecule has 4 aromatic carbocycles. The normalized spacial score (nSPS) is 19.0. The second-order valence-corrected chi connectivity index (χ2v) is 23.3. The minimum atomic E-state index is -4.42. The molecule has 0 bridgehead atoms. The molecule has 10 rings (SSSR count). The van der Waals surface area contributed by atoms with E-state index >= 15 is 0 Å². The number of halogens is 6. The zero-order valence-electron chi connectivity index (χ0n) is 38.7. The highest BCUT2D eigenvalue weighted by Crippen LogP contribution is 2.44. The second-order valence-electron chi connectivity index (χ2n) is 18.2. The summed E-state index contributed by atoms with van der Waals surface area (Å²) in [6.07, 6.45) is 0.793. The van der Waals surface area contributed by atoms with Crippen molar-refractivity contribution in [2.75, 3.05) is 35.6 Å². The maximum Gasteiger partial charge on any atom is 0.416 e. The number of aromatic nitrogens is 2. The van der Waals surface area contributed by atoms with Crippen LogP contribution in [0.25, 0.3) is 0 Å². The van der Waals surface area contributed by atoms with E-state index in [2.05, 4.69) is 30.0 Å². The monoisotopic (exact) mass is 1070 g/mol. The Morgan fingerprint density at radius 2 is 0.931 bits per heavy atom. The summed E-state index contributed by atoms with van der Waals surface area (Å²) in [6, 6.07) is 17.4. The molecule has 2 atom stereocenters. The van der Waals surface area contributed by atoms with Crippen molar-refractivity contribution in [2.45, 2.75) is 110 Å². The number of piperidine rings is 2. The Kier molecular flexibility index (Phi) is 15.5. The van der Waals surface area contributed by atoms with E-state index in [1.165, 1.54) is 71.5 Å². The summed E-state index contributed by atoms with van der Waals surface area (Å²) < 4.78 is 150. The molecule has 0 unspecified atom stereocenters. The van der Waals surface area contributed by atoms with Gasteiger partial charge in [-0.1, -0.05) is 12.1 Å². The van der Waals surface area contributed by atoms with E-state index in [4.69, 9.17) is 9.47 Å². The smallest absolute Gasteiger partial charge is 0.416 e. The minimum Gasteiger partial charge on any atom is -0.485 e. The van der Waals surface area contributed by atoms with Crippen LogP contribution in [-0.4, -0.2) is 53.0 Å². The topological polar surface area (TPSA) is 161 Å². The van der Waals surface area contributed by atoms with Gasteiger partial charge in [-0.15, -0.1) is 22.7 Å². The summed E-state index contributed by atoms with van der Waals surface area (Å²) in [4.78, 5) is 8.23. The molecule has 2 aliphatic carbocycles. The van der Waals surface area contributed by atoms with Gasteiger partial charge in [-0.2, -0.15) is 26.3 Å². The molecule has 2 aromatic heterocycles. The molecule has 384 valence electrons. The van der Waals surface area contributed by atoms with Gasteiger partial charge in [0.05, 0.1) is 20.9 Å². The molecule has 22 heteroatoms. The Morgan fingerprint density at radius 1 is 0.528 bits per heavy atom. The Bertz CT molecular complexity index is 2850. The van der Waals surface area contributed by atoms with E-state index in [0.29, 0.717) is 58.6 Å². The lowest BCUT2D eigenvalue weighted by molar-refractivity contribution is -0.138. The van der Waals surface area contributed by atoms with Crippen LogP contribution < -0.4 is 29.6 Å². The van der Waals surface area contributed by atoms with Crippen LogP contribution in [0, 0.1) is 0 Å². The van der Waals surface area contributed by atoms with E-state index in [9.17, 15) is 43.2 Å². The molecule has 2 fully saturated rings. The Labute approximate surface area is 422 Å². The molecule has 72 heavy (non-hydrogen) atoms. The number of alkyl halides is 6. The number of thiazole rings is 2. The fraction of sp³-hybridized carbons (Fsp3) is 0.400. The van der Waals surface area contributed by atoms with Gasteiger partial charge >= 0.3 is 12.4 Å². The van der Waals surface area contributed by atoms with Crippen molar-refractivity contribution in [1.29, 1.82) is 0 Å². The number of rotatable bonds is 12. The van der Waals surface area contributed by atoms with Gasteiger partial charge in [0.25, 0.3) is 20.0 Å². The Balaban J connectivity index is 0.000000178. The quantitative estimate of drug-likeness (QED) is 0.0869. The molecular weight excluding hydrogens is 1020 g/mol. The van der Waals surface area contributed by atoms with Crippen molar-refractivity contribution >= 4 is 53.0 Å². The van der Waals surface area contributed by atoms with E-state index in [0.717, 1.165) is 99.1 Å². The SMILES string of the molecule is O=S(=O)(Nc1nccs1)c1ccc2c(c1)CCC[C@@H]2Oc1ccc(C(F)(F)F)cc1C1CCNCC1.O=S(=O)(Nc1nccs1)c1ccc2c(c1)CCC[C@H]2Oc1ccc(C(F)(F)F)cc1C1CCNCC1. The summed E-state index contributed by atoms with van der Waals surface area (Å²) in [5.41, 5.74) is 3.30. The lowest BCUT2D eigenvalue weighted by Gasteiger charge is -2.30. The predicted octanol–water partition coefficient (Wildman–Crippen LogP) is 11.8. The molecule has 4 aliphatic rings. The fourth-order valence-corrected chi connectivity index (χ4v) is 13.5. The molecule has 4 heterocycles. The van der Waals surface area contributed by atoms with Gasteiger partial charge in [0.1, 0.15) is 23.7 Å². The first-order chi connectivity index (χ1) is 34.4. The molecule has 2 saturated heterocycles. The third kappa shape index (κ3) is 12.2. The summed E-state index contributed by atoms with van der Waals surface area (Å²) >= 11 is 2.39. The number of hydrogen-bond acceptors (Lipinski definition) is 12. The highest BCUT2D eigenvalue weighted by molar-refractivity contribution is 7.93. The van der Waals surface area contributed by atoms with Gasteiger partial charge in [0, 0.05) is 23.2 Å². The summed E-state index contributed by atoms with van der Waals surface area (Å²) in [6.45, 7) is 3.00. The van der Waals surface area contributed by atoms with Crippen LogP contribution in [0.1, 0.15) is 120 Å². The first kappa shape index (κ1) is 51.6. The third-order valence-corrected chi connectivity index (χ3v) is 17.8. The van der Waals surface area contributed by atoms with Crippen LogP contribution in [0.2, 0.25) is 0 Å². The van der Waals surface area contributed by atoms with E-state index in [1.807, 2.05) is 0 Å². The van der Waals surface area contributed by atoms with Crippen molar-refractivity contribution < 1.29 is 52.7 Å². The van der Waals surface area contributed by atoms with Crippen molar-refractivity contribution in [1.82, 2.24) is 20.6 Å². The zero-order valence-corrected chi connectivity index (χ0v) is 42.0. The van der Waals surface area contributed by atoms with Crippen LogP contribution in [-0.2, 0) is 45.2 Å². The first-order valence-corrected chi connectivity index (χ1v) is 28.4. The number of nitrogens with zero attached hydrogens (tertiary/aromatic N) is 2. The molecule has 2 aliphatic heterocycles. The molecular formula is C50H52F6N6O6S4. The van der Waals surface area contributed by atoms with Crippen LogP contribution >= 0.6 is 22.7 Å². The number of sulfonamides is 2. The number of ether oxygens (including phenoxy) is 2. The fourth-order valence-electron chi connectivity index (χ4n) is 9.84. The number of hydrogen-bond donors (Lipinski definition) is 4. The maximum absolute atomic E-state index is 13.5. The number of nitrogens with one attached hydrogen (secondary N) is 4. The lowest BCUT2D eigenvalue weighted by atomic mass is 9.87. The van der Waals surface area contributed by atoms with Crippen LogP contribution in [0.15, 0.2) is 106 Å². The highest BCUT2D eigenvalue weighted by atomic mass is 32.2. The second kappa shape index (κ2) is 21.7. The molecule has 6 aromatic rings. The first-order valence-electron chi connectivity index (χ1n) is 23.7. The average Bonchev–Trinajstić information content (AvgIpc) is 4.09. The number of aryl methyl sites for hydroxylation is 2. The predicted molar refractivity (Wildman–Crippen MR) is 264 cm³/mol. The lowest BCUT2D eigenvalue weighted by Crippen LogP contribution is -2.27. The van der Waals surface area contributed by atoms with Crippen molar-refractivity contribution in [3.63, 3.8) is 0 Å². The van der Waals surface area contributed by atoms with Gasteiger partial charge in [-0.3, -0.25) is 9.44 Å². The van der Waals surface area contributed by atoms with Gasteiger partial charge in [-0.25, -0.2) is 26.8 Å². The molecule has 0 spiro atoms. The van der Waals surface area contributed by atoms with E-state index in [-0.39, 0.29) is 33.8 Å². The summed E-state index contributed by atoms with van der Waals surface area (Å²) in [5, 5.41) is 10.5. The molecule has 0 radical (unpaired) electrons. The molecule has 4 N–H and O–H groups in total. The number of anilines is 2. The van der Waals surface area contributed by atoms with Crippen molar-refractivity contribution in [2.24, 2.45) is 0 Å². The van der Waals surface area contributed by atoms with Crippen LogP contribution in [0.5, 0.6) is 11.5 Å². The van der Waals surface area contributed by atoms with Crippen LogP contribution in [0.3, 0.4) is 0 Å².